The highest BCUT2D eigenvalue weighted by Gasteiger charge is 2.28. The van der Waals surface area contributed by atoms with Gasteiger partial charge in [-0.2, -0.15) is 0 Å². The van der Waals surface area contributed by atoms with Gasteiger partial charge < -0.3 is 21.1 Å². The van der Waals surface area contributed by atoms with Crippen molar-refractivity contribution in [2.45, 2.75) is 38.7 Å². The van der Waals surface area contributed by atoms with E-state index in [4.69, 9.17) is 5.73 Å². The zero-order valence-corrected chi connectivity index (χ0v) is 14.1. The molecule has 0 saturated carbocycles. The Balaban J connectivity index is 2.07. The molecular formula is C18H25BN2O3. The van der Waals surface area contributed by atoms with E-state index in [9.17, 15) is 14.8 Å². The second kappa shape index (κ2) is 8.28. The number of amides is 1. The Morgan fingerprint density at radius 1 is 1.17 bits per heavy atom. The maximum absolute atomic E-state index is 12.3. The van der Waals surface area contributed by atoms with Crippen LogP contribution in [0.1, 0.15) is 25.8 Å². The largest absolute Gasteiger partial charge is 0.475 e. The highest BCUT2D eigenvalue weighted by atomic mass is 16.4. The van der Waals surface area contributed by atoms with E-state index in [1.54, 1.807) is 0 Å². The van der Waals surface area contributed by atoms with Gasteiger partial charge in [-0.05, 0) is 35.1 Å². The van der Waals surface area contributed by atoms with Crippen LogP contribution in [-0.4, -0.2) is 35.1 Å². The molecule has 2 aromatic carbocycles. The van der Waals surface area contributed by atoms with Crippen molar-refractivity contribution in [2.75, 3.05) is 0 Å². The van der Waals surface area contributed by atoms with Crippen LogP contribution in [0, 0.1) is 5.92 Å². The molecule has 2 aromatic rings. The van der Waals surface area contributed by atoms with Crippen LogP contribution in [0.25, 0.3) is 10.8 Å². The molecule has 1 amide bonds. The van der Waals surface area contributed by atoms with Crippen molar-refractivity contribution in [3.8, 4) is 0 Å². The molecule has 2 atom stereocenters. The third-order valence-electron chi connectivity index (χ3n) is 4.07. The summed E-state index contributed by atoms with van der Waals surface area (Å²) in [6.45, 7) is 3.91. The molecule has 2 unspecified atom stereocenters. The van der Waals surface area contributed by atoms with Crippen LogP contribution in [0.5, 0.6) is 0 Å². The fourth-order valence-corrected chi connectivity index (χ4v) is 2.85. The van der Waals surface area contributed by atoms with E-state index in [1.807, 2.05) is 56.3 Å². The van der Waals surface area contributed by atoms with Crippen LogP contribution in [0.3, 0.4) is 0 Å². The van der Waals surface area contributed by atoms with Gasteiger partial charge in [-0.25, -0.2) is 0 Å². The first-order chi connectivity index (χ1) is 11.4. The Kier molecular flexibility index (Phi) is 6.37. The van der Waals surface area contributed by atoms with Crippen LogP contribution >= 0.6 is 0 Å². The normalized spacial score (nSPS) is 13.8. The molecule has 5 N–H and O–H groups in total. The Morgan fingerprint density at radius 2 is 1.83 bits per heavy atom. The third-order valence-corrected chi connectivity index (χ3v) is 4.07. The number of fused-ring (bicyclic) bond motifs is 1. The summed E-state index contributed by atoms with van der Waals surface area (Å²) >= 11 is 0. The third kappa shape index (κ3) is 4.80. The van der Waals surface area contributed by atoms with Gasteiger partial charge in [0.25, 0.3) is 0 Å². The molecule has 128 valence electrons. The fraction of sp³-hybridized carbons (Fsp3) is 0.389. The van der Waals surface area contributed by atoms with Crippen LogP contribution in [-0.2, 0) is 11.2 Å². The molecule has 0 bridgehead atoms. The van der Waals surface area contributed by atoms with Gasteiger partial charge in [-0.3, -0.25) is 4.79 Å². The number of carbonyl (C=O) groups excluding carboxylic acids is 1. The number of benzene rings is 2. The first-order valence-electron chi connectivity index (χ1n) is 8.27. The predicted molar refractivity (Wildman–Crippen MR) is 97.2 cm³/mol. The molecular weight excluding hydrogens is 303 g/mol. The molecule has 0 aliphatic rings. The van der Waals surface area contributed by atoms with E-state index in [-0.39, 0.29) is 11.8 Å². The minimum absolute atomic E-state index is 0.228. The summed E-state index contributed by atoms with van der Waals surface area (Å²) in [5.41, 5.74) is 7.04. The lowest BCUT2D eigenvalue weighted by atomic mass is 9.75. The summed E-state index contributed by atoms with van der Waals surface area (Å²) < 4.78 is 0. The summed E-state index contributed by atoms with van der Waals surface area (Å²) in [7, 11) is -1.60. The lowest BCUT2D eigenvalue weighted by Gasteiger charge is -2.22. The van der Waals surface area contributed by atoms with Gasteiger partial charge in [-0.15, -0.1) is 0 Å². The molecule has 0 heterocycles. The SMILES string of the molecule is CC(C)CC(NC(=O)C(N)Cc1cccc2ccccc12)B(O)O. The quantitative estimate of drug-likeness (QED) is 0.575. The maximum atomic E-state index is 12.3. The molecule has 0 saturated heterocycles. The lowest BCUT2D eigenvalue weighted by Crippen LogP contribution is -2.52. The van der Waals surface area contributed by atoms with Crippen molar-refractivity contribution < 1.29 is 14.8 Å². The van der Waals surface area contributed by atoms with Crippen molar-refractivity contribution in [1.82, 2.24) is 5.32 Å². The van der Waals surface area contributed by atoms with E-state index in [0.29, 0.717) is 12.8 Å². The summed E-state index contributed by atoms with van der Waals surface area (Å²) in [5.74, 6) is -0.857. The molecule has 0 aliphatic heterocycles. The Bertz CT molecular complexity index is 686. The number of nitrogens with one attached hydrogen (secondary N) is 1. The predicted octanol–water partition coefficient (Wildman–Crippen LogP) is 1.25. The number of hydrogen-bond acceptors (Lipinski definition) is 4. The zero-order chi connectivity index (χ0) is 17.7. The van der Waals surface area contributed by atoms with Crippen LogP contribution in [0.4, 0.5) is 0 Å². The Labute approximate surface area is 143 Å². The summed E-state index contributed by atoms with van der Waals surface area (Å²) in [6, 6.07) is 13.1. The van der Waals surface area contributed by atoms with Crippen molar-refractivity contribution >= 4 is 23.8 Å². The minimum Gasteiger partial charge on any atom is -0.426 e. The second-order valence-electron chi connectivity index (χ2n) is 6.61. The fourth-order valence-electron chi connectivity index (χ4n) is 2.85. The number of carbonyl (C=O) groups is 1. The van der Waals surface area contributed by atoms with Gasteiger partial charge in [0, 0.05) is 0 Å². The van der Waals surface area contributed by atoms with Gasteiger partial charge >= 0.3 is 7.12 Å². The second-order valence-corrected chi connectivity index (χ2v) is 6.61. The molecule has 0 aliphatic carbocycles. The average molecular weight is 328 g/mol. The summed E-state index contributed by atoms with van der Waals surface area (Å²) in [6.07, 6.45) is 0.869. The highest BCUT2D eigenvalue weighted by Crippen LogP contribution is 2.19. The van der Waals surface area contributed by atoms with Gasteiger partial charge in [0.2, 0.25) is 5.91 Å². The van der Waals surface area contributed by atoms with Crippen molar-refractivity contribution in [3.05, 3.63) is 48.0 Å². The molecule has 5 nitrogen and oxygen atoms in total. The minimum atomic E-state index is -1.60. The molecule has 0 aromatic heterocycles. The smallest absolute Gasteiger partial charge is 0.426 e. The number of rotatable bonds is 7. The van der Waals surface area contributed by atoms with Crippen molar-refractivity contribution in [3.63, 3.8) is 0 Å². The van der Waals surface area contributed by atoms with Gasteiger partial charge in [0.1, 0.15) is 0 Å². The lowest BCUT2D eigenvalue weighted by molar-refractivity contribution is -0.122. The monoisotopic (exact) mass is 328 g/mol. The van der Waals surface area contributed by atoms with Gasteiger partial charge in [-0.1, -0.05) is 56.3 Å². The zero-order valence-electron chi connectivity index (χ0n) is 14.1. The number of nitrogens with two attached hydrogens (primary N) is 1. The van der Waals surface area contributed by atoms with E-state index in [1.165, 1.54) is 0 Å². The van der Waals surface area contributed by atoms with Crippen molar-refractivity contribution in [2.24, 2.45) is 11.7 Å². The van der Waals surface area contributed by atoms with E-state index in [0.717, 1.165) is 16.3 Å². The first-order valence-corrected chi connectivity index (χ1v) is 8.27. The number of hydrogen-bond donors (Lipinski definition) is 4. The molecule has 24 heavy (non-hydrogen) atoms. The molecule has 0 radical (unpaired) electrons. The van der Waals surface area contributed by atoms with Gasteiger partial charge in [0.05, 0.1) is 12.0 Å². The summed E-state index contributed by atoms with van der Waals surface area (Å²) in [4.78, 5) is 12.3. The average Bonchev–Trinajstić information content (AvgIpc) is 2.54. The Hall–Kier alpha value is -1.89. The topological polar surface area (TPSA) is 95.6 Å². The van der Waals surface area contributed by atoms with E-state index in [2.05, 4.69) is 5.32 Å². The first kappa shape index (κ1) is 18.5. The van der Waals surface area contributed by atoms with Crippen LogP contribution in [0.2, 0.25) is 0 Å². The standard InChI is InChI=1S/C18H25BN2O3/c1-12(2)10-17(19(23)24)21-18(22)16(20)11-14-8-5-7-13-6-3-4-9-15(13)14/h3-9,12,16-17,23-24H,10-11,20H2,1-2H3,(H,21,22). The van der Waals surface area contributed by atoms with E-state index < -0.39 is 19.1 Å². The van der Waals surface area contributed by atoms with Crippen LogP contribution < -0.4 is 11.1 Å². The molecule has 6 heteroatoms. The highest BCUT2D eigenvalue weighted by molar-refractivity contribution is 6.43. The van der Waals surface area contributed by atoms with Crippen LogP contribution in [0.15, 0.2) is 42.5 Å². The molecule has 0 spiro atoms. The van der Waals surface area contributed by atoms with E-state index >= 15 is 0 Å². The molecule has 0 fully saturated rings. The van der Waals surface area contributed by atoms with Crippen molar-refractivity contribution in [1.29, 1.82) is 0 Å². The Morgan fingerprint density at radius 3 is 2.50 bits per heavy atom. The molecule has 2 rings (SSSR count). The maximum Gasteiger partial charge on any atom is 0.475 e. The summed E-state index contributed by atoms with van der Waals surface area (Å²) in [5, 5.41) is 23.7. The van der Waals surface area contributed by atoms with Gasteiger partial charge in [0.15, 0.2) is 0 Å².